The summed E-state index contributed by atoms with van der Waals surface area (Å²) in [7, 11) is -0.434. The fraction of sp³-hybridized carbons (Fsp3) is 0.143. The summed E-state index contributed by atoms with van der Waals surface area (Å²) in [5, 5.41) is 17.6. The van der Waals surface area contributed by atoms with Crippen LogP contribution in [0.15, 0.2) is 16.6 Å². The van der Waals surface area contributed by atoms with Gasteiger partial charge in [0.25, 0.3) is 0 Å². The van der Waals surface area contributed by atoms with E-state index >= 15 is 0 Å². The van der Waals surface area contributed by atoms with Crippen LogP contribution in [0.2, 0.25) is 0 Å². The first-order valence-corrected chi connectivity index (χ1v) is 4.24. The van der Waals surface area contributed by atoms with Gasteiger partial charge in [0, 0.05) is 16.0 Å². The maximum Gasteiger partial charge on any atom is 0.492 e. The summed E-state index contributed by atoms with van der Waals surface area (Å²) in [5.74, 6) is -0.407. The minimum absolute atomic E-state index is 0.194. The maximum atomic E-state index is 13.1. The van der Waals surface area contributed by atoms with Crippen LogP contribution in [0.25, 0.3) is 0 Å². The molecule has 0 fully saturated rings. The quantitative estimate of drug-likeness (QED) is 0.740. The van der Waals surface area contributed by atoms with Crippen LogP contribution < -0.4 is 10.2 Å². The zero-order chi connectivity index (χ0) is 10.0. The molecule has 13 heavy (non-hydrogen) atoms. The third-order valence-corrected chi connectivity index (χ3v) is 2.20. The van der Waals surface area contributed by atoms with Gasteiger partial charge in [-0.3, -0.25) is 0 Å². The summed E-state index contributed by atoms with van der Waals surface area (Å²) in [6.45, 7) is 0. The van der Waals surface area contributed by atoms with Gasteiger partial charge < -0.3 is 14.8 Å². The number of hydrogen-bond acceptors (Lipinski definition) is 3. The van der Waals surface area contributed by atoms with E-state index in [-0.39, 0.29) is 9.94 Å². The molecule has 70 valence electrons. The van der Waals surface area contributed by atoms with Crippen LogP contribution in [0.1, 0.15) is 0 Å². The van der Waals surface area contributed by atoms with Crippen molar-refractivity contribution in [1.29, 1.82) is 0 Å². The highest BCUT2D eigenvalue weighted by Gasteiger charge is 2.20. The van der Waals surface area contributed by atoms with E-state index in [0.717, 1.165) is 6.07 Å². The van der Waals surface area contributed by atoms with E-state index in [9.17, 15) is 4.39 Å². The van der Waals surface area contributed by atoms with Crippen LogP contribution in [0.5, 0.6) is 5.75 Å². The minimum Gasteiger partial charge on any atom is -0.497 e. The standard InChI is InChI=1S/C7H7BBrFO3/c1-13-4-2-5(9)7(8(11)12)6(10)3-4/h2-3,11-12H,1H3. The molecule has 0 aliphatic carbocycles. The van der Waals surface area contributed by atoms with Gasteiger partial charge in [0.15, 0.2) is 0 Å². The van der Waals surface area contributed by atoms with E-state index < -0.39 is 12.9 Å². The van der Waals surface area contributed by atoms with Crippen molar-refractivity contribution in [1.82, 2.24) is 0 Å². The zero-order valence-corrected chi connectivity index (χ0v) is 8.38. The molecule has 2 N–H and O–H groups in total. The summed E-state index contributed by atoms with van der Waals surface area (Å²) >= 11 is 3.00. The molecule has 3 nitrogen and oxygen atoms in total. The molecule has 0 radical (unpaired) electrons. The number of methoxy groups -OCH3 is 1. The van der Waals surface area contributed by atoms with Crippen molar-refractivity contribution in [2.24, 2.45) is 0 Å². The van der Waals surface area contributed by atoms with Gasteiger partial charge in [-0.05, 0) is 6.07 Å². The maximum absolute atomic E-state index is 13.1. The molecule has 0 aliphatic rings. The fourth-order valence-corrected chi connectivity index (χ4v) is 1.55. The van der Waals surface area contributed by atoms with E-state index in [2.05, 4.69) is 15.9 Å². The number of ether oxygens (including phenoxy) is 1. The number of rotatable bonds is 2. The highest BCUT2D eigenvalue weighted by Crippen LogP contribution is 2.18. The van der Waals surface area contributed by atoms with Gasteiger partial charge in [-0.15, -0.1) is 0 Å². The first-order valence-electron chi connectivity index (χ1n) is 3.45. The lowest BCUT2D eigenvalue weighted by Crippen LogP contribution is -2.33. The van der Waals surface area contributed by atoms with Crippen LogP contribution in [0.4, 0.5) is 4.39 Å². The Balaban J connectivity index is 3.23. The average Bonchev–Trinajstić information content (AvgIpc) is 2.02. The monoisotopic (exact) mass is 248 g/mol. The first kappa shape index (κ1) is 10.5. The number of halogens is 2. The van der Waals surface area contributed by atoms with Crippen LogP contribution in [0, 0.1) is 5.82 Å². The Morgan fingerprint density at radius 1 is 1.46 bits per heavy atom. The van der Waals surface area contributed by atoms with Gasteiger partial charge in [-0.2, -0.15) is 0 Å². The molecule has 0 aliphatic heterocycles. The molecular weight excluding hydrogens is 242 g/mol. The summed E-state index contributed by atoms with van der Waals surface area (Å²) < 4.78 is 18.2. The molecule has 0 bridgehead atoms. The molecule has 1 aromatic rings. The van der Waals surface area contributed by atoms with Crippen molar-refractivity contribution in [3.05, 3.63) is 22.4 Å². The van der Waals surface area contributed by atoms with E-state index in [1.807, 2.05) is 0 Å². The van der Waals surface area contributed by atoms with Gasteiger partial charge in [0.1, 0.15) is 11.6 Å². The number of hydrogen-bond donors (Lipinski definition) is 2. The van der Waals surface area contributed by atoms with Crippen molar-refractivity contribution in [3.63, 3.8) is 0 Å². The molecule has 1 aromatic carbocycles. The molecule has 1 rings (SSSR count). The molecule has 0 saturated heterocycles. The summed E-state index contributed by atoms with van der Waals surface area (Å²) in [6.07, 6.45) is 0. The van der Waals surface area contributed by atoms with E-state index in [4.69, 9.17) is 14.8 Å². The second-order valence-corrected chi connectivity index (χ2v) is 3.23. The first-order chi connectivity index (χ1) is 6.06. The average molecular weight is 249 g/mol. The molecule has 0 amide bonds. The van der Waals surface area contributed by atoms with Crippen LogP contribution >= 0.6 is 15.9 Å². The van der Waals surface area contributed by atoms with Gasteiger partial charge in [-0.25, -0.2) is 4.39 Å². The highest BCUT2D eigenvalue weighted by molar-refractivity contribution is 9.10. The van der Waals surface area contributed by atoms with E-state index in [1.165, 1.54) is 13.2 Å². The Hall–Kier alpha value is -0.585. The largest absolute Gasteiger partial charge is 0.497 e. The van der Waals surface area contributed by atoms with Crippen LogP contribution in [-0.2, 0) is 0 Å². The Bertz CT molecular complexity index is 296. The Kier molecular flexibility index (Phi) is 3.30. The molecule has 0 unspecified atom stereocenters. The normalized spacial score (nSPS) is 9.92. The predicted molar refractivity (Wildman–Crippen MR) is 50.5 cm³/mol. The van der Waals surface area contributed by atoms with Crippen LogP contribution in [-0.4, -0.2) is 24.3 Å². The Labute approximate surface area is 83.4 Å². The Morgan fingerprint density at radius 2 is 2.08 bits per heavy atom. The molecule has 0 atom stereocenters. The second-order valence-electron chi connectivity index (χ2n) is 2.38. The summed E-state index contributed by atoms with van der Waals surface area (Å²) in [5.41, 5.74) is -0.194. The van der Waals surface area contributed by atoms with Gasteiger partial charge in [0.2, 0.25) is 0 Å². The minimum atomic E-state index is -1.83. The number of benzene rings is 1. The lowest BCUT2D eigenvalue weighted by molar-refractivity contribution is 0.409. The summed E-state index contributed by atoms with van der Waals surface area (Å²) in [6, 6.07) is 2.54. The van der Waals surface area contributed by atoms with Crippen molar-refractivity contribution in [3.8, 4) is 5.75 Å². The molecule has 6 heteroatoms. The van der Waals surface area contributed by atoms with Crippen molar-refractivity contribution in [2.45, 2.75) is 0 Å². The predicted octanol–water partition coefficient (Wildman–Crippen LogP) is 0.277. The zero-order valence-electron chi connectivity index (χ0n) is 6.79. The molecule has 0 spiro atoms. The van der Waals surface area contributed by atoms with Gasteiger partial charge in [0.05, 0.1) is 7.11 Å². The summed E-state index contributed by atoms with van der Waals surface area (Å²) in [4.78, 5) is 0. The topological polar surface area (TPSA) is 49.7 Å². The highest BCUT2D eigenvalue weighted by atomic mass is 79.9. The fourth-order valence-electron chi connectivity index (χ4n) is 0.926. The van der Waals surface area contributed by atoms with Gasteiger partial charge in [-0.1, -0.05) is 15.9 Å². The second kappa shape index (κ2) is 4.08. The Morgan fingerprint density at radius 3 is 2.46 bits per heavy atom. The molecule has 0 heterocycles. The van der Waals surface area contributed by atoms with Crippen LogP contribution in [0.3, 0.4) is 0 Å². The van der Waals surface area contributed by atoms with E-state index in [0.29, 0.717) is 5.75 Å². The van der Waals surface area contributed by atoms with Crippen molar-refractivity contribution < 1.29 is 19.2 Å². The third-order valence-electron chi connectivity index (χ3n) is 1.55. The smallest absolute Gasteiger partial charge is 0.492 e. The third kappa shape index (κ3) is 2.21. The molecular formula is C7H7BBrFO3. The lowest BCUT2D eigenvalue weighted by Gasteiger charge is -2.07. The lowest BCUT2D eigenvalue weighted by atomic mass is 9.80. The van der Waals surface area contributed by atoms with Crippen molar-refractivity contribution >= 4 is 28.5 Å². The van der Waals surface area contributed by atoms with E-state index in [1.54, 1.807) is 0 Å². The van der Waals surface area contributed by atoms with Crippen molar-refractivity contribution in [2.75, 3.05) is 7.11 Å². The SMILES string of the molecule is COc1cc(F)c(B(O)O)c(Br)c1. The molecule has 0 aromatic heterocycles. The molecule has 0 saturated carbocycles. The van der Waals surface area contributed by atoms with Gasteiger partial charge >= 0.3 is 7.12 Å².